The van der Waals surface area contributed by atoms with E-state index in [-0.39, 0.29) is 5.56 Å². The van der Waals surface area contributed by atoms with Crippen molar-refractivity contribution in [3.63, 3.8) is 0 Å². The predicted octanol–water partition coefficient (Wildman–Crippen LogP) is 3.70. The molecule has 0 saturated carbocycles. The summed E-state index contributed by atoms with van der Waals surface area (Å²) in [7, 11) is 0. The van der Waals surface area contributed by atoms with E-state index in [2.05, 4.69) is 0 Å². The molecule has 1 N–H and O–H groups in total. The van der Waals surface area contributed by atoms with Gasteiger partial charge in [-0.3, -0.25) is 0 Å². The van der Waals surface area contributed by atoms with Crippen LogP contribution in [-0.4, -0.2) is 18.9 Å². The van der Waals surface area contributed by atoms with Gasteiger partial charge in [-0.15, -0.1) is 0 Å². The van der Waals surface area contributed by atoms with Crippen molar-refractivity contribution in [2.75, 3.05) is 6.54 Å². The van der Waals surface area contributed by atoms with E-state index in [0.29, 0.717) is 0 Å². The number of nitrogens with one attached hydrogen (secondary N) is 1. The second-order valence-electron chi connectivity index (χ2n) is 3.82. The van der Waals surface area contributed by atoms with Crippen molar-refractivity contribution >= 4 is 0 Å². The number of hydrogen-bond donors (Lipinski definition) is 1. The minimum atomic E-state index is -4.62. The van der Waals surface area contributed by atoms with Crippen LogP contribution in [0.25, 0.3) is 0 Å². The summed E-state index contributed by atoms with van der Waals surface area (Å²) in [5, 5.41) is 1.91. The maximum Gasteiger partial charge on any atom is 0.416 e. The summed E-state index contributed by atoms with van der Waals surface area (Å²) < 4.78 is 86.4. The quantitative estimate of drug-likeness (QED) is 0.815. The summed E-state index contributed by atoms with van der Waals surface area (Å²) in [6, 6.07) is 4.34. The van der Waals surface area contributed by atoms with Crippen LogP contribution < -0.4 is 5.32 Å². The molecule has 8 heteroatoms. The Labute approximate surface area is 104 Å². The molecule has 1 aromatic carbocycles. The number of hydrogen-bond acceptors (Lipinski definition) is 1. The van der Waals surface area contributed by atoms with Gasteiger partial charge in [-0.25, -0.2) is 8.78 Å². The zero-order valence-corrected chi connectivity index (χ0v) is 9.45. The third kappa shape index (κ3) is 4.38. The van der Waals surface area contributed by atoms with Gasteiger partial charge in [-0.05, 0) is 11.6 Å². The zero-order valence-electron chi connectivity index (χ0n) is 9.45. The van der Waals surface area contributed by atoms with Gasteiger partial charge in [0.2, 0.25) is 0 Å². The van der Waals surface area contributed by atoms with Crippen LogP contribution >= 0.6 is 0 Å². The Morgan fingerprint density at radius 2 is 1.58 bits per heavy atom. The summed E-state index contributed by atoms with van der Waals surface area (Å²) in [5.41, 5.74) is -1.26. The second-order valence-corrected chi connectivity index (χ2v) is 3.82. The van der Waals surface area contributed by atoms with Crippen LogP contribution in [0.3, 0.4) is 0 Å². The fraction of sp³-hybridized carbons (Fsp3) is 0.455. The first-order chi connectivity index (χ1) is 8.64. The highest BCUT2D eigenvalue weighted by atomic mass is 19.4. The molecule has 0 fully saturated rings. The van der Waals surface area contributed by atoms with Crippen molar-refractivity contribution in [1.82, 2.24) is 5.32 Å². The molecular formula is C11H10F7N. The van der Waals surface area contributed by atoms with Gasteiger partial charge in [0, 0.05) is 6.54 Å². The van der Waals surface area contributed by atoms with Crippen molar-refractivity contribution in [2.24, 2.45) is 0 Å². The van der Waals surface area contributed by atoms with Crippen LogP contribution in [0.15, 0.2) is 24.3 Å². The molecule has 1 rings (SSSR count). The minimum Gasteiger partial charge on any atom is -0.307 e. The van der Waals surface area contributed by atoms with E-state index in [4.69, 9.17) is 0 Å². The third-order valence-corrected chi connectivity index (χ3v) is 2.32. The molecule has 1 aromatic rings. The van der Waals surface area contributed by atoms with E-state index >= 15 is 0 Å². The lowest BCUT2D eigenvalue weighted by molar-refractivity contribution is -0.138. The highest BCUT2D eigenvalue weighted by Gasteiger charge is 2.40. The second kappa shape index (κ2) is 5.77. The van der Waals surface area contributed by atoms with Crippen LogP contribution in [0.1, 0.15) is 11.1 Å². The Kier molecular flexibility index (Phi) is 4.78. The summed E-state index contributed by atoms with van der Waals surface area (Å²) in [4.78, 5) is 0. The molecule has 19 heavy (non-hydrogen) atoms. The van der Waals surface area contributed by atoms with E-state index in [1.165, 1.54) is 6.07 Å². The average molecular weight is 289 g/mol. The van der Waals surface area contributed by atoms with Gasteiger partial charge < -0.3 is 5.32 Å². The molecule has 0 atom stereocenters. The number of halogens is 7. The van der Waals surface area contributed by atoms with E-state index < -0.39 is 37.2 Å². The smallest absolute Gasteiger partial charge is 0.307 e. The SMILES string of the molecule is FC(F)C(F)(F)CNCc1ccccc1C(F)(F)F. The fourth-order valence-corrected chi connectivity index (χ4v) is 1.39. The van der Waals surface area contributed by atoms with Crippen molar-refractivity contribution in [3.8, 4) is 0 Å². The number of benzene rings is 1. The monoisotopic (exact) mass is 289 g/mol. The molecule has 0 aliphatic carbocycles. The van der Waals surface area contributed by atoms with Crippen LogP contribution in [0.2, 0.25) is 0 Å². The van der Waals surface area contributed by atoms with Gasteiger partial charge in [-0.2, -0.15) is 22.0 Å². The summed E-state index contributed by atoms with van der Waals surface area (Å²) in [6.07, 6.45) is -8.48. The molecule has 108 valence electrons. The first-order valence-corrected chi connectivity index (χ1v) is 5.16. The average Bonchev–Trinajstić information content (AvgIpc) is 2.27. The molecule has 0 saturated heterocycles. The van der Waals surface area contributed by atoms with Gasteiger partial charge >= 0.3 is 18.5 Å². The lowest BCUT2D eigenvalue weighted by Gasteiger charge is -2.17. The molecule has 0 aliphatic heterocycles. The molecule has 0 radical (unpaired) electrons. The number of alkyl halides is 7. The van der Waals surface area contributed by atoms with Crippen molar-refractivity contribution in [2.45, 2.75) is 25.1 Å². The molecule has 0 aliphatic rings. The molecule has 0 amide bonds. The first-order valence-electron chi connectivity index (χ1n) is 5.16. The molecule has 0 bridgehead atoms. The molecule has 0 aromatic heterocycles. The Bertz CT molecular complexity index is 414. The van der Waals surface area contributed by atoms with Gasteiger partial charge in [0.25, 0.3) is 0 Å². The Hall–Kier alpha value is -1.31. The van der Waals surface area contributed by atoms with Crippen LogP contribution in [0, 0.1) is 0 Å². The van der Waals surface area contributed by atoms with Crippen LogP contribution in [-0.2, 0) is 12.7 Å². The Morgan fingerprint density at radius 1 is 1.00 bits per heavy atom. The Morgan fingerprint density at radius 3 is 2.11 bits per heavy atom. The lowest BCUT2D eigenvalue weighted by atomic mass is 10.1. The van der Waals surface area contributed by atoms with E-state index in [1.54, 1.807) is 0 Å². The largest absolute Gasteiger partial charge is 0.416 e. The van der Waals surface area contributed by atoms with Gasteiger partial charge in [-0.1, -0.05) is 18.2 Å². The normalized spacial score (nSPS) is 13.1. The third-order valence-electron chi connectivity index (χ3n) is 2.32. The van der Waals surface area contributed by atoms with Gasteiger partial charge in [0.1, 0.15) is 0 Å². The van der Waals surface area contributed by atoms with Crippen LogP contribution in [0.5, 0.6) is 0 Å². The van der Waals surface area contributed by atoms with Gasteiger partial charge in [0.05, 0.1) is 12.1 Å². The molecule has 0 heterocycles. The Balaban J connectivity index is 2.69. The highest BCUT2D eigenvalue weighted by Crippen LogP contribution is 2.31. The topological polar surface area (TPSA) is 12.0 Å². The molecular weight excluding hydrogens is 279 g/mol. The van der Waals surface area contributed by atoms with Crippen LogP contribution in [0.4, 0.5) is 30.7 Å². The standard InChI is InChI=1S/C11H10F7N/c12-9(13)10(14,15)6-19-5-7-3-1-2-4-8(7)11(16,17)18/h1-4,9,19H,5-6H2. The maximum atomic E-state index is 12.5. The zero-order chi connectivity index (χ0) is 14.7. The van der Waals surface area contributed by atoms with E-state index in [1.807, 2.05) is 5.32 Å². The number of rotatable bonds is 5. The summed E-state index contributed by atoms with van der Waals surface area (Å²) in [5.74, 6) is -4.27. The maximum absolute atomic E-state index is 12.5. The van der Waals surface area contributed by atoms with E-state index in [9.17, 15) is 30.7 Å². The van der Waals surface area contributed by atoms with Crippen molar-refractivity contribution in [1.29, 1.82) is 0 Å². The predicted molar refractivity (Wildman–Crippen MR) is 54.1 cm³/mol. The van der Waals surface area contributed by atoms with Crippen molar-refractivity contribution < 1.29 is 30.7 Å². The van der Waals surface area contributed by atoms with E-state index in [0.717, 1.165) is 18.2 Å². The first kappa shape index (κ1) is 15.7. The minimum absolute atomic E-state index is 0.278. The summed E-state index contributed by atoms with van der Waals surface area (Å²) in [6.45, 7) is -1.96. The summed E-state index contributed by atoms with van der Waals surface area (Å²) >= 11 is 0. The lowest BCUT2D eigenvalue weighted by Crippen LogP contribution is -2.38. The molecule has 0 unspecified atom stereocenters. The van der Waals surface area contributed by atoms with Gasteiger partial charge in [0.15, 0.2) is 0 Å². The molecule has 0 spiro atoms. The molecule has 1 nitrogen and oxygen atoms in total. The fourth-order valence-electron chi connectivity index (χ4n) is 1.39. The highest BCUT2D eigenvalue weighted by molar-refractivity contribution is 5.29. The van der Waals surface area contributed by atoms with Crippen molar-refractivity contribution in [3.05, 3.63) is 35.4 Å².